The van der Waals surface area contributed by atoms with Gasteiger partial charge in [-0.05, 0) is 57.6 Å². The van der Waals surface area contributed by atoms with Gasteiger partial charge < -0.3 is 19.7 Å². The zero-order chi connectivity index (χ0) is 28.1. The molecule has 2 N–H and O–H groups in total. The topological polar surface area (TPSA) is 127 Å². The van der Waals surface area contributed by atoms with Gasteiger partial charge in [-0.15, -0.1) is 0 Å². The van der Waals surface area contributed by atoms with E-state index in [9.17, 15) is 19.2 Å². The number of carbonyl (C=O) groups excluding carboxylic acids is 2. The summed E-state index contributed by atoms with van der Waals surface area (Å²) in [6.07, 6.45) is 1.67. The molecule has 0 saturated heterocycles. The van der Waals surface area contributed by atoms with Crippen molar-refractivity contribution in [2.75, 3.05) is 14.2 Å². The molecule has 0 spiro atoms. The van der Waals surface area contributed by atoms with Crippen molar-refractivity contribution in [3.63, 3.8) is 0 Å². The second-order valence-corrected chi connectivity index (χ2v) is 8.62. The van der Waals surface area contributed by atoms with E-state index in [1.54, 1.807) is 36.4 Å². The maximum absolute atomic E-state index is 12.2. The Labute approximate surface area is 224 Å². The van der Waals surface area contributed by atoms with Gasteiger partial charge in [-0.3, -0.25) is 9.59 Å². The van der Waals surface area contributed by atoms with Crippen LogP contribution in [-0.2, 0) is 6.42 Å². The number of carbonyl (C=O) groups is 4. The van der Waals surface area contributed by atoms with Crippen molar-refractivity contribution in [2.24, 2.45) is 0 Å². The number of carboxylic acids is 2. The van der Waals surface area contributed by atoms with Crippen LogP contribution in [-0.4, -0.2) is 48.9 Å². The van der Waals surface area contributed by atoms with E-state index >= 15 is 0 Å². The van der Waals surface area contributed by atoms with E-state index in [-0.39, 0.29) is 17.5 Å². The third-order valence-corrected chi connectivity index (χ3v) is 6.47. The highest BCUT2D eigenvalue weighted by atomic mass is 16.5. The van der Waals surface area contributed by atoms with E-state index in [4.69, 9.17) is 19.7 Å². The van der Waals surface area contributed by atoms with E-state index < -0.39 is 11.9 Å². The van der Waals surface area contributed by atoms with Crippen molar-refractivity contribution in [2.45, 2.75) is 6.42 Å². The lowest BCUT2D eigenvalue weighted by molar-refractivity contribution is 0.0686. The van der Waals surface area contributed by atoms with Crippen LogP contribution in [0.3, 0.4) is 0 Å². The highest BCUT2D eigenvalue weighted by Gasteiger charge is 2.20. The fourth-order valence-corrected chi connectivity index (χ4v) is 4.58. The summed E-state index contributed by atoms with van der Waals surface area (Å²) in [7, 11) is 2.92. The van der Waals surface area contributed by atoms with Gasteiger partial charge in [0.2, 0.25) is 0 Å². The van der Waals surface area contributed by atoms with Crippen molar-refractivity contribution in [3.05, 3.63) is 106 Å². The maximum atomic E-state index is 12.2. The number of methoxy groups -OCH3 is 2. The lowest BCUT2D eigenvalue weighted by Gasteiger charge is -2.18. The predicted octanol–water partition coefficient (Wildman–Crippen LogP) is 5.65. The van der Waals surface area contributed by atoms with Gasteiger partial charge in [-0.25, -0.2) is 9.59 Å². The summed E-state index contributed by atoms with van der Waals surface area (Å²) in [5, 5.41) is 18.3. The van der Waals surface area contributed by atoms with Crippen LogP contribution in [0.5, 0.6) is 11.5 Å². The van der Waals surface area contributed by atoms with Crippen molar-refractivity contribution >= 4 is 24.5 Å². The van der Waals surface area contributed by atoms with Crippen molar-refractivity contribution in [1.29, 1.82) is 0 Å². The first-order chi connectivity index (χ1) is 18.8. The number of carboxylic acid groups (broad SMARTS) is 2. The predicted molar refractivity (Wildman–Crippen MR) is 144 cm³/mol. The number of aromatic carboxylic acids is 2. The number of aldehydes is 2. The molecular weight excluding hydrogens is 500 g/mol. The largest absolute Gasteiger partial charge is 0.496 e. The third-order valence-electron chi connectivity index (χ3n) is 6.47. The Morgan fingerprint density at radius 1 is 0.615 bits per heavy atom. The molecule has 8 nitrogen and oxygen atoms in total. The normalized spacial score (nSPS) is 10.5. The summed E-state index contributed by atoms with van der Waals surface area (Å²) < 4.78 is 11.3. The molecule has 4 aromatic carbocycles. The number of hydrogen-bond acceptors (Lipinski definition) is 6. The first-order valence-electron chi connectivity index (χ1n) is 11.8. The summed E-state index contributed by atoms with van der Waals surface area (Å²) in [5.41, 5.74) is 4.73. The minimum absolute atomic E-state index is 0.134. The van der Waals surface area contributed by atoms with Crippen LogP contribution < -0.4 is 9.47 Å². The Kier molecular flexibility index (Phi) is 7.86. The van der Waals surface area contributed by atoms with E-state index in [1.165, 1.54) is 38.5 Å². The average molecular weight is 525 g/mol. The number of hydrogen-bond donors (Lipinski definition) is 2. The van der Waals surface area contributed by atoms with Crippen LogP contribution in [0.2, 0.25) is 0 Å². The molecule has 0 aromatic heterocycles. The quantitative estimate of drug-likeness (QED) is 0.255. The molecule has 0 atom stereocenters. The molecule has 0 radical (unpaired) electrons. The van der Waals surface area contributed by atoms with Gasteiger partial charge in [0.15, 0.2) is 12.6 Å². The fraction of sp³-hybridized carbons (Fsp3) is 0.0968. The summed E-state index contributed by atoms with van der Waals surface area (Å²) in [6, 6.07) is 19.5. The first kappa shape index (κ1) is 26.8. The number of rotatable bonds is 10. The SMILES string of the molecule is COc1c(Cc2ccc(-c3ccc(C(=O)O)cc3)c(C=O)c2OC)ccc(-c2ccc(C(=O)O)cc2)c1C=O. The van der Waals surface area contributed by atoms with Crippen LogP contribution in [0, 0.1) is 0 Å². The monoisotopic (exact) mass is 524 g/mol. The van der Waals surface area contributed by atoms with E-state index in [0.717, 1.165) is 0 Å². The third kappa shape index (κ3) is 5.26. The zero-order valence-electron chi connectivity index (χ0n) is 21.1. The molecule has 0 aliphatic rings. The van der Waals surface area contributed by atoms with Crippen molar-refractivity contribution < 1.29 is 38.9 Å². The molecule has 0 aliphatic heterocycles. The molecule has 0 saturated carbocycles. The van der Waals surface area contributed by atoms with E-state index in [0.29, 0.717) is 68.6 Å². The van der Waals surface area contributed by atoms with Crippen LogP contribution >= 0.6 is 0 Å². The van der Waals surface area contributed by atoms with E-state index in [2.05, 4.69) is 0 Å². The highest BCUT2D eigenvalue weighted by Crippen LogP contribution is 2.38. The molecule has 4 rings (SSSR count). The van der Waals surface area contributed by atoms with Gasteiger partial charge in [0.1, 0.15) is 11.5 Å². The fourth-order valence-electron chi connectivity index (χ4n) is 4.58. The lowest BCUT2D eigenvalue weighted by Crippen LogP contribution is -2.04. The Morgan fingerprint density at radius 2 is 0.974 bits per heavy atom. The highest BCUT2D eigenvalue weighted by molar-refractivity contribution is 5.95. The molecule has 0 heterocycles. The second-order valence-electron chi connectivity index (χ2n) is 8.62. The van der Waals surface area contributed by atoms with Crippen LogP contribution in [0.25, 0.3) is 22.3 Å². The van der Waals surface area contributed by atoms with Gasteiger partial charge in [0, 0.05) is 6.42 Å². The molecule has 196 valence electrons. The zero-order valence-corrected chi connectivity index (χ0v) is 21.1. The van der Waals surface area contributed by atoms with Crippen molar-refractivity contribution in [3.8, 4) is 33.8 Å². The molecule has 8 heteroatoms. The molecule has 39 heavy (non-hydrogen) atoms. The molecular formula is C31H24O8. The van der Waals surface area contributed by atoms with Gasteiger partial charge in [-0.1, -0.05) is 48.5 Å². The van der Waals surface area contributed by atoms with Gasteiger partial charge >= 0.3 is 11.9 Å². The van der Waals surface area contributed by atoms with Crippen LogP contribution in [0.15, 0.2) is 72.8 Å². The molecule has 4 aromatic rings. The molecule has 0 aliphatic carbocycles. The lowest BCUT2D eigenvalue weighted by atomic mass is 9.91. The maximum Gasteiger partial charge on any atom is 0.335 e. The van der Waals surface area contributed by atoms with Crippen LogP contribution in [0.1, 0.15) is 52.6 Å². The Morgan fingerprint density at radius 3 is 1.26 bits per heavy atom. The summed E-state index contributed by atoms with van der Waals surface area (Å²) in [5.74, 6) is -1.38. The molecule has 0 unspecified atom stereocenters. The minimum Gasteiger partial charge on any atom is -0.496 e. The Bertz CT molecular complexity index is 1450. The second kappa shape index (κ2) is 11.4. The number of benzene rings is 4. The summed E-state index contributed by atoms with van der Waals surface area (Å²) in [4.78, 5) is 46.7. The van der Waals surface area contributed by atoms with Gasteiger partial charge in [0.05, 0.1) is 36.5 Å². The molecule has 0 bridgehead atoms. The summed E-state index contributed by atoms with van der Waals surface area (Å²) in [6.45, 7) is 0. The first-order valence-corrected chi connectivity index (χ1v) is 11.8. The molecule has 0 amide bonds. The molecule has 0 fully saturated rings. The minimum atomic E-state index is -1.04. The van der Waals surface area contributed by atoms with Crippen LogP contribution in [0.4, 0.5) is 0 Å². The Balaban J connectivity index is 1.76. The van der Waals surface area contributed by atoms with Gasteiger partial charge in [0.25, 0.3) is 0 Å². The van der Waals surface area contributed by atoms with Crippen molar-refractivity contribution in [1.82, 2.24) is 0 Å². The Hall–Kier alpha value is -5.24. The van der Waals surface area contributed by atoms with Gasteiger partial charge in [-0.2, -0.15) is 0 Å². The standard InChI is InChI=1S/C31H24O8/c1-38-28-22(11-13-24(26(28)16-32)18-3-7-20(8-4-18)30(34)35)15-23-12-14-25(27(17-33)29(23)39-2)19-5-9-21(10-6-19)31(36)37/h3-14,16-17H,15H2,1-2H3,(H,34,35)(H,36,37). The summed E-state index contributed by atoms with van der Waals surface area (Å²) >= 11 is 0. The smallest absolute Gasteiger partial charge is 0.335 e. The van der Waals surface area contributed by atoms with E-state index in [1.807, 2.05) is 12.1 Å². The number of ether oxygens (including phenoxy) is 2. The average Bonchev–Trinajstić information content (AvgIpc) is 2.96.